The summed E-state index contributed by atoms with van der Waals surface area (Å²) in [6.45, 7) is 2.29. The van der Waals surface area contributed by atoms with Crippen LogP contribution in [0.1, 0.15) is 63.9 Å². The summed E-state index contributed by atoms with van der Waals surface area (Å²) in [6, 6.07) is 21.4. The van der Waals surface area contributed by atoms with Crippen molar-refractivity contribution in [2.75, 3.05) is 0 Å². The molecule has 0 nitrogen and oxygen atoms in total. The largest absolute Gasteiger partial charge is 0.0654 e. The van der Waals surface area contributed by atoms with Crippen molar-refractivity contribution in [3.05, 3.63) is 60.2 Å². The van der Waals surface area contributed by atoms with E-state index in [-0.39, 0.29) is 0 Å². The summed E-state index contributed by atoms with van der Waals surface area (Å²) in [5, 5.41) is 8.21. The van der Waals surface area contributed by atoms with Crippen molar-refractivity contribution in [3.8, 4) is 0 Å². The van der Waals surface area contributed by atoms with E-state index < -0.39 is 0 Å². The molecule has 4 rings (SSSR count). The lowest BCUT2D eigenvalue weighted by Gasteiger charge is -2.13. The fourth-order valence-corrected chi connectivity index (χ4v) is 4.38. The normalized spacial score (nSPS) is 11.9. The summed E-state index contributed by atoms with van der Waals surface area (Å²) in [4.78, 5) is 0. The van der Waals surface area contributed by atoms with Crippen LogP contribution < -0.4 is 0 Å². The minimum absolute atomic E-state index is 1.20. The molecular weight excluding hydrogens is 312 g/mol. The second kappa shape index (κ2) is 8.08. The Morgan fingerprint density at radius 2 is 1.35 bits per heavy atom. The number of benzene rings is 4. The van der Waals surface area contributed by atoms with Crippen LogP contribution in [-0.2, 0) is 6.42 Å². The smallest absolute Gasteiger partial charge is 0.00205 e. The molecule has 0 saturated heterocycles. The van der Waals surface area contributed by atoms with Crippen molar-refractivity contribution in [2.45, 2.75) is 64.7 Å². The van der Waals surface area contributed by atoms with Gasteiger partial charge in [-0.2, -0.15) is 0 Å². The highest BCUT2D eigenvalue weighted by molar-refractivity contribution is 6.23. The third-order valence-corrected chi connectivity index (χ3v) is 5.84. The Morgan fingerprint density at radius 1 is 0.654 bits per heavy atom. The van der Waals surface area contributed by atoms with E-state index in [9.17, 15) is 0 Å². The van der Waals surface area contributed by atoms with Crippen molar-refractivity contribution in [2.24, 2.45) is 0 Å². The summed E-state index contributed by atoms with van der Waals surface area (Å²) in [5.74, 6) is 0. The molecule has 4 aromatic carbocycles. The molecule has 0 N–H and O–H groups in total. The van der Waals surface area contributed by atoms with Gasteiger partial charge in [0.2, 0.25) is 0 Å². The van der Waals surface area contributed by atoms with E-state index in [1.165, 1.54) is 95.7 Å². The lowest BCUT2D eigenvalue weighted by Crippen LogP contribution is -1.91. The fraction of sp³-hybridized carbons (Fsp3) is 0.385. The summed E-state index contributed by atoms with van der Waals surface area (Å²) in [7, 11) is 0. The third kappa shape index (κ3) is 3.43. The summed E-state index contributed by atoms with van der Waals surface area (Å²) >= 11 is 0. The summed E-state index contributed by atoms with van der Waals surface area (Å²) < 4.78 is 0. The SMILES string of the molecule is CCCCCCCCCCc1ccc2ccc3[c]ccc4ccc1c2c34. The zero-order valence-electron chi connectivity index (χ0n) is 16.0. The lowest BCUT2D eigenvalue weighted by molar-refractivity contribution is 0.576. The van der Waals surface area contributed by atoms with E-state index in [0.29, 0.717) is 0 Å². The van der Waals surface area contributed by atoms with Gasteiger partial charge >= 0.3 is 0 Å². The van der Waals surface area contributed by atoms with E-state index in [1.807, 2.05) is 6.07 Å². The summed E-state index contributed by atoms with van der Waals surface area (Å²) in [5.41, 5.74) is 1.52. The minimum Gasteiger partial charge on any atom is -0.0654 e. The van der Waals surface area contributed by atoms with Gasteiger partial charge in [-0.1, -0.05) is 100 Å². The number of unbranched alkanes of at least 4 members (excludes halogenated alkanes) is 7. The van der Waals surface area contributed by atoms with E-state index in [2.05, 4.69) is 55.5 Å². The summed E-state index contributed by atoms with van der Waals surface area (Å²) in [6.07, 6.45) is 12.3. The van der Waals surface area contributed by atoms with Crippen LogP contribution in [0.4, 0.5) is 0 Å². The Morgan fingerprint density at radius 3 is 2.19 bits per heavy atom. The molecule has 0 saturated carbocycles. The van der Waals surface area contributed by atoms with Gasteiger partial charge in [0, 0.05) is 0 Å². The highest BCUT2D eigenvalue weighted by Gasteiger charge is 2.10. The number of hydrogen-bond donors (Lipinski definition) is 0. The molecule has 0 heterocycles. The molecule has 133 valence electrons. The maximum absolute atomic E-state index is 3.41. The molecule has 0 bridgehead atoms. The second-order valence-corrected chi connectivity index (χ2v) is 7.72. The van der Waals surface area contributed by atoms with Gasteiger partial charge < -0.3 is 0 Å². The first-order valence-corrected chi connectivity index (χ1v) is 10.5. The number of rotatable bonds is 9. The van der Waals surface area contributed by atoms with Crippen molar-refractivity contribution >= 4 is 32.3 Å². The molecule has 0 spiro atoms. The van der Waals surface area contributed by atoms with Gasteiger partial charge in [-0.15, -0.1) is 0 Å². The Bertz CT molecular complexity index is 963. The van der Waals surface area contributed by atoms with Crippen LogP contribution in [0.3, 0.4) is 0 Å². The van der Waals surface area contributed by atoms with Gasteiger partial charge in [-0.3, -0.25) is 0 Å². The minimum atomic E-state index is 1.20. The van der Waals surface area contributed by atoms with Gasteiger partial charge in [0.25, 0.3) is 0 Å². The van der Waals surface area contributed by atoms with Crippen molar-refractivity contribution in [3.63, 3.8) is 0 Å². The lowest BCUT2D eigenvalue weighted by atomic mass is 9.90. The van der Waals surface area contributed by atoms with Gasteiger partial charge in [0.1, 0.15) is 0 Å². The van der Waals surface area contributed by atoms with Crippen LogP contribution in [0, 0.1) is 6.07 Å². The third-order valence-electron chi connectivity index (χ3n) is 5.84. The second-order valence-electron chi connectivity index (χ2n) is 7.72. The maximum atomic E-state index is 3.41. The monoisotopic (exact) mass is 341 g/mol. The molecule has 0 aromatic heterocycles. The molecular formula is C26H29. The van der Waals surface area contributed by atoms with Crippen molar-refractivity contribution in [1.82, 2.24) is 0 Å². The van der Waals surface area contributed by atoms with Crippen LogP contribution in [0.5, 0.6) is 0 Å². The molecule has 0 atom stereocenters. The highest BCUT2D eigenvalue weighted by Crippen LogP contribution is 2.36. The first kappa shape index (κ1) is 17.3. The molecule has 0 amide bonds. The first-order chi connectivity index (χ1) is 12.9. The van der Waals surface area contributed by atoms with E-state index in [0.717, 1.165) is 0 Å². The van der Waals surface area contributed by atoms with Gasteiger partial charge in [-0.05, 0) is 56.8 Å². The van der Waals surface area contributed by atoms with Gasteiger partial charge in [0.05, 0.1) is 0 Å². The Kier molecular flexibility index (Phi) is 5.39. The zero-order valence-corrected chi connectivity index (χ0v) is 16.0. The molecule has 0 fully saturated rings. The predicted molar refractivity (Wildman–Crippen MR) is 115 cm³/mol. The van der Waals surface area contributed by atoms with E-state index >= 15 is 0 Å². The van der Waals surface area contributed by atoms with Gasteiger partial charge in [-0.25, -0.2) is 0 Å². The average molecular weight is 342 g/mol. The van der Waals surface area contributed by atoms with Crippen LogP contribution in [-0.4, -0.2) is 0 Å². The maximum Gasteiger partial charge on any atom is -0.00205 e. The quantitative estimate of drug-likeness (QED) is 0.213. The Labute approximate surface area is 157 Å². The molecule has 1 radical (unpaired) electrons. The number of hydrogen-bond acceptors (Lipinski definition) is 0. The standard InChI is InChI=1S/C26H29/c1-2-3-4-5-6-7-8-9-11-20-14-15-23-17-16-21-12-10-13-22-18-19-24(20)26(23)25(21)22/h10,13-19H,2-9,11H2,1H3. The van der Waals surface area contributed by atoms with Crippen molar-refractivity contribution in [1.29, 1.82) is 0 Å². The molecule has 0 aliphatic carbocycles. The fourth-order valence-electron chi connectivity index (χ4n) is 4.38. The average Bonchev–Trinajstić information content (AvgIpc) is 2.69. The highest BCUT2D eigenvalue weighted by atomic mass is 14.1. The Balaban J connectivity index is 1.49. The number of aryl methyl sites for hydroxylation is 1. The van der Waals surface area contributed by atoms with E-state index in [1.54, 1.807) is 0 Å². The topological polar surface area (TPSA) is 0 Å². The predicted octanol–water partition coefficient (Wildman–Crippen LogP) is 8.07. The van der Waals surface area contributed by atoms with Crippen LogP contribution >= 0.6 is 0 Å². The molecule has 4 aromatic rings. The van der Waals surface area contributed by atoms with Crippen LogP contribution in [0.25, 0.3) is 32.3 Å². The molecule has 0 aliphatic rings. The zero-order chi connectivity index (χ0) is 17.8. The van der Waals surface area contributed by atoms with E-state index in [4.69, 9.17) is 0 Å². The molecule has 0 aliphatic heterocycles. The van der Waals surface area contributed by atoms with Crippen LogP contribution in [0.2, 0.25) is 0 Å². The van der Waals surface area contributed by atoms with Crippen molar-refractivity contribution < 1.29 is 0 Å². The molecule has 0 heteroatoms. The first-order valence-electron chi connectivity index (χ1n) is 10.5. The molecule has 26 heavy (non-hydrogen) atoms. The van der Waals surface area contributed by atoms with Gasteiger partial charge in [0.15, 0.2) is 0 Å². The van der Waals surface area contributed by atoms with Crippen LogP contribution in [0.15, 0.2) is 48.5 Å². The Hall–Kier alpha value is -2.08. The molecule has 0 unspecified atom stereocenters.